The lowest BCUT2D eigenvalue weighted by Crippen LogP contribution is -2.50. The Balaban J connectivity index is 1.48. The van der Waals surface area contributed by atoms with E-state index in [1.165, 1.54) is 6.20 Å². The highest BCUT2D eigenvalue weighted by molar-refractivity contribution is 6.33. The number of amides is 2. The van der Waals surface area contributed by atoms with Crippen molar-refractivity contribution >= 4 is 29.1 Å². The fraction of sp³-hybridized carbons (Fsp3) is 0.333. The van der Waals surface area contributed by atoms with Gasteiger partial charge in [0.25, 0.3) is 5.91 Å². The molecule has 0 saturated carbocycles. The van der Waals surface area contributed by atoms with E-state index in [2.05, 4.69) is 20.7 Å². The van der Waals surface area contributed by atoms with Crippen LogP contribution in [-0.2, 0) is 4.79 Å². The number of aromatic amines is 1. The zero-order valence-corrected chi connectivity index (χ0v) is 13.7. The second kappa shape index (κ2) is 7.41. The van der Waals surface area contributed by atoms with Crippen LogP contribution in [0.25, 0.3) is 0 Å². The van der Waals surface area contributed by atoms with Gasteiger partial charge in [-0.05, 0) is 12.1 Å². The van der Waals surface area contributed by atoms with Gasteiger partial charge < -0.3 is 10.2 Å². The third-order valence-corrected chi connectivity index (χ3v) is 4.14. The summed E-state index contributed by atoms with van der Waals surface area (Å²) in [6.07, 6.45) is 1.41. The molecule has 0 radical (unpaired) electrons. The molecule has 2 heterocycles. The highest BCUT2D eigenvalue weighted by Crippen LogP contribution is 2.20. The predicted molar refractivity (Wildman–Crippen MR) is 88.8 cm³/mol. The average Bonchev–Trinajstić information content (AvgIpc) is 3.11. The van der Waals surface area contributed by atoms with Crippen molar-refractivity contribution in [2.24, 2.45) is 0 Å². The molecular weight excluding hydrogens is 332 g/mol. The van der Waals surface area contributed by atoms with E-state index in [1.807, 2.05) is 17.0 Å². The number of H-pyrrole nitrogens is 1. The lowest BCUT2D eigenvalue weighted by molar-refractivity contribution is -0.117. The number of anilines is 1. The third kappa shape index (κ3) is 3.90. The van der Waals surface area contributed by atoms with Crippen LogP contribution in [-0.4, -0.2) is 69.7 Å². The third-order valence-electron chi connectivity index (χ3n) is 3.81. The molecule has 1 aromatic carbocycles. The minimum atomic E-state index is -0.149. The molecule has 126 valence electrons. The van der Waals surface area contributed by atoms with Gasteiger partial charge in [-0.3, -0.25) is 14.5 Å². The maximum atomic E-state index is 12.2. The average molecular weight is 349 g/mol. The standard InChI is InChI=1S/C15H17ClN6O2/c16-11-3-1-2-4-12(11)18-14(23)10-21-5-7-22(8-6-21)15(24)13-9-17-20-19-13/h1-4,9H,5-8,10H2,(H,18,23)(H,17,19,20). The van der Waals surface area contributed by atoms with E-state index < -0.39 is 0 Å². The molecule has 0 spiro atoms. The normalized spacial score (nSPS) is 15.3. The van der Waals surface area contributed by atoms with E-state index in [4.69, 9.17) is 11.6 Å². The van der Waals surface area contributed by atoms with Gasteiger partial charge in [-0.1, -0.05) is 23.7 Å². The molecule has 1 aliphatic rings. The molecular formula is C15H17ClN6O2. The number of aromatic nitrogens is 3. The van der Waals surface area contributed by atoms with Crippen molar-refractivity contribution in [3.8, 4) is 0 Å². The lowest BCUT2D eigenvalue weighted by Gasteiger charge is -2.33. The van der Waals surface area contributed by atoms with Gasteiger partial charge in [0.1, 0.15) is 0 Å². The first-order valence-corrected chi connectivity index (χ1v) is 7.93. The number of piperazine rings is 1. The smallest absolute Gasteiger partial charge is 0.276 e. The Labute approximate surface area is 143 Å². The van der Waals surface area contributed by atoms with Crippen molar-refractivity contribution in [2.45, 2.75) is 0 Å². The first-order valence-electron chi connectivity index (χ1n) is 7.55. The summed E-state index contributed by atoms with van der Waals surface area (Å²) < 4.78 is 0. The lowest BCUT2D eigenvalue weighted by atomic mass is 10.2. The summed E-state index contributed by atoms with van der Waals surface area (Å²) in [7, 11) is 0. The van der Waals surface area contributed by atoms with E-state index in [0.29, 0.717) is 42.6 Å². The summed E-state index contributed by atoms with van der Waals surface area (Å²) in [5.74, 6) is -0.275. The monoisotopic (exact) mass is 348 g/mol. The van der Waals surface area contributed by atoms with E-state index in [0.717, 1.165) is 0 Å². The Hall–Kier alpha value is -2.45. The SMILES string of the molecule is O=C(CN1CCN(C(=O)c2cn[nH]n2)CC1)Nc1ccccc1Cl. The Morgan fingerprint density at radius 1 is 1.21 bits per heavy atom. The van der Waals surface area contributed by atoms with Crippen LogP contribution in [0.5, 0.6) is 0 Å². The Kier molecular flexibility index (Phi) is 5.07. The molecule has 2 N–H and O–H groups in total. The number of hydrogen-bond acceptors (Lipinski definition) is 5. The number of rotatable bonds is 4. The molecule has 0 unspecified atom stereocenters. The summed E-state index contributed by atoms with van der Waals surface area (Å²) in [6.45, 7) is 2.60. The van der Waals surface area contributed by atoms with E-state index in [1.54, 1.807) is 17.0 Å². The van der Waals surface area contributed by atoms with Gasteiger partial charge in [0.2, 0.25) is 5.91 Å². The number of halogens is 1. The van der Waals surface area contributed by atoms with Crippen molar-refractivity contribution in [1.82, 2.24) is 25.2 Å². The molecule has 24 heavy (non-hydrogen) atoms. The van der Waals surface area contributed by atoms with Crippen LogP contribution in [0.1, 0.15) is 10.5 Å². The largest absolute Gasteiger partial charge is 0.335 e. The molecule has 1 fully saturated rings. The highest BCUT2D eigenvalue weighted by Gasteiger charge is 2.24. The number of benzene rings is 1. The van der Waals surface area contributed by atoms with Gasteiger partial charge in [-0.2, -0.15) is 15.4 Å². The molecule has 2 amide bonds. The maximum Gasteiger partial charge on any atom is 0.276 e. The molecule has 1 aromatic heterocycles. The maximum absolute atomic E-state index is 12.2. The topological polar surface area (TPSA) is 94.2 Å². The number of nitrogens with zero attached hydrogens (tertiary/aromatic N) is 4. The number of carbonyl (C=O) groups is 2. The Morgan fingerprint density at radius 3 is 2.62 bits per heavy atom. The van der Waals surface area contributed by atoms with Gasteiger partial charge in [0.15, 0.2) is 5.69 Å². The van der Waals surface area contributed by atoms with Gasteiger partial charge >= 0.3 is 0 Å². The number of para-hydroxylation sites is 1. The zero-order chi connectivity index (χ0) is 16.9. The van der Waals surface area contributed by atoms with Crippen molar-refractivity contribution in [3.05, 3.63) is 41.2 Å². The minimum absolute atomic E-state index is 0.126. The summed E-state index contributed by atoms with van der Waals surface area (Å²) in [5, 5.41) is 13.2. The Bertz CT molecular complexity index is 713. The fourth-order valence-electron chi connectivity index (χ4n) is 2.53. The van der Waals surface area contributed by atoms with E-state index >= 15 is 0 Å². The summed E-state index contributed by atoms with van der Waals surface area (Å²) in [4.78, 5) is 28.0. The van der Waals surface area contributed by atoms with Crippen LogP contribution in [0.3, 0.4) is 0 Å². The van der Waals surface area contributed by atoms with Crippen molar-refractivity contribution < 1.29 is 9.59 Å². The van der Waals surface area contributed by atoms with Crippen LogP contribution in [0.2, 0.25) is 5.02 Å². The van der Waals surface area contributed by atoms with Gasteiger partial charge in [0, 0.05) is 26.2 Å². The molecule has 1 saturated heterocycles. The number of carbonyl (C=O) groups excluding carboxylic acids is 2. The molecule has 3 rings (SSSR count). The van der Waals surface area contributed by atoms with Gasteiger partial charge in [-0.25, -0.2) is 0 Å². The van der Waals surface area contributed by atoms with Gasteiger partial charge in [0.05, 0.1) is 23.5 Å². The predicted octanol–water partition coefficient (Wildman–Crippen LogP) is 0.855. The summed E-state index contributed by atoms with van der Waals surface area (Å²) in [5.41, 5.74) is 0.906. The minimum Gasteiger partial charge on any atom is -0.335 e. The highest BCUT2D eigenvalue weighted by atomic mass is 35.5. The van der Waals surface area contributed by atoms with Gasteiger partial charge in [-0.15, -0.1) is 0 Å². The Morgan fingerprint density at radius 2 is 1.96 bits per heavy atom. The van der Waals surface area contributed by atoms with Crippen molar-refractivity contribution in [3.63, 3.8) is 0 Å². The summed E-state index contributed by atoms with van der Waals surface area (Å²) >= 11 is 6.03. The van der Waals surface area contributed by atoms with Crippen molar-refractivity contribution in [1.29, 1.82) is 0 Å². The van der Waals surface area contributed by atoms with Crippen LogP contribution in [0, 0.1) is 0 Å². The molecule has 1 aliphatic heterocycles. The number of nitrogens with one attached hydrogen (secondary N) is 2. The van der Waals surface area contributed by atoms with Crippen LogP contribution < -0.4 is 5.32 Å². The first kappa shape index (κ1) is 16.4. The second-order valence-electron chi connectivity index (χ2n) is 5.45. The fourth-order valence-corrected chi connectivity index (χ4v) is 2.71. The van der Waals surface area contributed by atoms with Crippen LogP contribution >= 0.6 is 11.6 Å². The second-order valence-corrected chi connectivity index (χ2v) is 5.86. The first-order chi connectivity index (χ1) is 11.6. The van der Waals surface area contributed by atoms with Crippen LogP contribution in [0.4, 0.5) is 5.69 Å². The molecule has 2 aromatic rings. The number of hydrogen-bond donors (Lipinski definition) is 2. The zero-order valence-electron chi connectivity index (χ0n) is 12.9. The van der Waals surface area contributed by atoms with E-state index in [-0.39, 0.29) is 18.4 Å². The molecule has 0 atom stereocenters. The quantitative estimate of drug-likeness (QED) is 0.854. The van der Waals surface area contributed by atoms with Crippen LogP contribution in [0.15, 0.2) is 30.5 Å². The van der Waals surface area contributed by atoms with Crippen molar-refractivity contribution in [2.75, 3.05) is 38.0 Å². The summed E-state index contributed by atoms with van der Waals surface area (Å²) in [6, 6.07) is 7.11. The molecule has 0 bridgehead atoms. The molecule has 8 nitrogen and oxygen atoms in total. The molecule has 9 heteroatoms. The molecule has 0 aliphatic carbocycles. The van der Waals surface area contributed by atoms with E-state index in [9.17, 15) is 9.59 Å².